The monoisotopic (exact) mass is 508 g/mol. The maximum absolute atomic E-state index is 13.1. The van der Waals surface area contributed by atoms with Crippen molar-refractivity contribution >= 4 is 11.9 Å². The number of hydrogen-bond acceptors (Lipinski definition) is 6. The molecule has 0 radical (unpaired) electrons. The zero-order valence-corrected chi connectivity index (χ0v) is 22.0. The molecule has 9 rings (SSSR count). The quantitative estimate of drug-likeness (QED) is 0.527. The van der Waals surface area contributed by atoms with Crippen LogP contribution >= 0.6 is 0 Å². The number of carbonyl (C=O) groups excluding carboxylic acids is 2. The summed E-state index contributed by atoms with van der Waals surface area (Å²) in [5.74, 6) is 1.34. The van der Waals surface area contributed by atoms with E-state index in [0.29, 0.717) is 48.0 Å². The summed E-state index contributed by atoms with van der Waals surface area (Å²) < 4.78 is 11.7. The van der Waals surface area contributed by atoms with Crippen molar-refractivity contribution in [2.24, 2.45) is 34.5 Å². The van der Waals surface area contributed by atoms with Gasteiger partial charge in [0.15, 0.2) is 0 Å². The van der Waals surface area contributed by atoms with Gasteiger partial charge in [0.1, 0.15) is 0 Å². The first kappa shape index (κ1) is 24.1. The van der Waals surface area contributed by atoms with E-state index < -0.39 is 23.1 Å². The Morgan fingerprint density at radius 1 is 0.703 bits per heavy atom. The number of aryl methyl sites for hydroxylation is 1. The first-order valence-corrected chi connectivity index (χ1v) is 14.4. The third-order valence-corrected chi connectivity index (χ3v) is 10.9. The van der Waals surface area contributed by atoms with E-state index in [-0.39, 0.29) is 10.8 Å². The van der Waals surface area contributed by atoms with Gasteiger partial charge in [-0.1, -0.05) is 0 Å². The summed E-state index contributed by atoms with van der Waals surface area (Å²) in [6.45, 7) is 2.54. The lowest BCUT2D eigenvalue weighted by Crippen LogP contribution is -2.57. The Balaban J connectivity index is 1.01. The highest BCUT2D eigenvalue weighted by Crippen LogP contribution is 2.62. The van der Waals surface area contributed by atoms with Crippen LogP contribution in [0.4, 0.5) is 0 Å². The minimum Gasteiger partial charge on any atom is -0.462 e. The molecule has 0 saturated heterocycles. The number of rotatable bonds is 6. The third kappa shape index (κ3) is 4.32. The Labute approximate surface area is 219 Å². The first-order chi connectivity index (χ1) is 17.5. The van der Waals surface area contributed by atoms with Crippen molar-refractivity contribution in [3.63, 3.8) is 0 Å². The number of carbonyl (C=O) groups is 2. The van der Waals surface area contributed by atoms with E-state index in [4.69, 9.17) is 9.47 Å². The van der Waals surface area contributed by atoms with E-state index in [1.54, 1.807) is 18.2 Å². The number of benzene rings is 1. The first-order valence-electron chi connectivity index (χ1n) is 14.4. The average molecular weight is 509 g/mol. The van der Waals surface area contributed by atoms with Crippen molar-refractivity contribution < 1.29 is 29.3 Å². The van der Waals surface area contributed by atoms with E-state index in [0.717, 1.165) is 69.8 Å². The lowest BCUT2D eigenvalue weighted by atomic mass is 9.48. The van der Waals surface area contributed by atoms with E-state index in [9.17, 15) is 19.8 Å². The molecule has 8 aliphatic carbocycles. The molecule has 6 heteroatoms. The Morgan fingerprint density at radius 3 is 1.43 bits per heavy atom. The molecule has 4 atom stereocenters. The summed E-state index contributed by atoms with van der Waals surface area (Å²) in [5.41, 5.74) is 0.185. The second-order valence-corrected chi connectivity index (χ2v) is 14.6. The summed E-state index contributed by atoms with van der Waals surface area (Å²) in [6.07, 6.45) is 11.5. The van der Waals surface area contributed by atoms with Gasteiger partial charge in [-0.15, -0.1) is 0 Å². The fourth-order valence-electron chi connectivity index (χ4n) is 10.8. The van der Waals surface area contributed by atoms with Gasteiger partial charge in [0.2, 0.25) is 0 Å². The Kier molecular flexibility index (Phi) is 5.25. The highest BCUT2D eigenvalue weighted by atomic mass is 16.5. The number of esters is 2. The van der Waals surface area contributed by atoms with Gasteiger partial charge in [-0.3, -0.25) is 0 Å². The Hall–Kier alpha value is -1.92. The summed E-state index contributed by atoms with van der Waals surface area (Å²) in [4.78, 5) is 26.2. The van der Waals surface area contributed by atoms with Crippen LogP contribution in [0.15, 0.2) is 18.2 Å². The van der Waals surface area contributed by atoms with Gasteiger partial charge in [-0.2, -0.15) is 0 Å². The number of ether oxygens (including phenoxy) is 2. The molecule has 8 fully saturated rings. The van der Waals surface area contributed by atoms with Crippen molar-refractivity contribution in [2.75, 3.05) is 13.2 Å². The lowest BCUT2D eigenvalue weighted by Gasteiger charge is -2.59. The molecule has 0 aliphatic heterocycles. The van der Waals surface area contributed by atoms with Crippen LogP contribution in [0.25, 0.3) is 0 Å². The molecule has 37 heavy (non-hydrogen) atoms. The molecule has 200 valence electrons. The van der Waals surface area contributed by atoms with E-state index in [1.807, 2.05) is 6.92 Å². The van der Waals surface area contributed by atoms with Gasteiger partial charge in [-0.25, -0.2) is 9.59 Å². The second kappa shape index (κ2) is 8.05. The minimum atomic E-state index is -0.580. The molecule has 0 amide bonds. The van der Waals surface area contributed by atoms with Crippen molar-refractivity contribution in [1.82, 2.24) is 0 Å². The molecule has 6 nitrogen and oxygen atoms in total. The number of aliphatic hydroxyl groups is 2. The zero-order valence-electron chi connectivity index (χ0n) is 22.0. The molecular formula is C31H40O6. The highest BCUT2D eigenvalue weighted by Gasteiger charge is 2.58. The molecule has 4 unspecified atom stereocenters. The minimum absolute atomic E-state index is 0.109. The predicted octanol–water partition coefficient (Wildman–Crippen LogP) is 4.97. The second-order valence-electron chi connectivity index (χ2n) is 14.6. The molecule has 8 aliphatic rings. The Morgan fingerprint density at radius 2 is 1.08 bits per heavy atom. The fourth-order valence-corrected chi connectivity index (χ4v) is 10.8. The van der Waals surface area contributed by atoms with Gasteiger partial charge in [-0.05, 0) is 131 Å². The summed E-state index contributed by atoms with van der Waals surface area (Å²) in [7, 11) is 0. The van der Waals surface area contributed by atoms with Crippen molar-refractivity contribution in [1.29, 1.82) is 0 Å². The van der Waals surface area contributed by atoms with Crippen LogP contribution in [0.3, 0.4) is 0 Å². The van der Waals surface area contributed by atoms with Gasteiger partial charge in [0, 0.05) is 10.8 Å². The van der Waals surface area contributed by atoms with Crippen LogP contribution in [-0.2, 0) is 9.47 Å². The molecular weight excluding hydrogens is 468 g/mol. The van der Waals surface area contributed by atoms with Crippen molar-refractivity contribution in [3.8, 4) is 0 Å². The molecule has 1 aromatic carbocycles. The maximum Gasteiger partial charge on any atom is 0.338 e. The van der Waals surface area contributed by atoms with Crippen LogP contribution in [0.5, 0.6) is 0 Å². The molecule has 8 saturated carbocycles. The SMILES string of the molecule is Cc1cc(C(=O)OCC23CC4CC(CC(O)(C4)C2)C3)cc(C(=O)OCC23CC4CC(CC(O)(C4)C2)C3)c1. The van der Waals surface area contributed by atoms with Gasteiger partial charge < -0.3 is 19.7 Å². The normalized spacial score (nSPS) is 44.7. The fraction of sp³-hybridized carbons (Fsp3) is 0.742. The molecule has 1 aromatic rings. The van der Waals surface area contributed by atoms with Crippen molar-refractivity contribution in [2.45, 2.75) is 95.2 Å². The molecule has 8 bridgehead atoms. The van der Waals surface area contributed by atoms with Crippen molar-refractivity contribution in [3.05, 3.63) is 34.9 Å². The largest absolute Gasteiger partial charge is 0.462 e. The van der Waals surface area contributed by atoms with E-state index in [1.165, 1.54) is 12.8 Å². The van der Waals surface area contributed by atoms with Gasteiger partial charge >= 0.3 is 11.9 Å². The summed E-state index contributed by atoms with van der Waals surface area (Å²) >= 11 is 0. The van der Waals surface area contributed by atoms with E-state index >= 15 is 0 Å². The molecule has 2 N–H and O–H groups in total. The summed E-state index contributed by atoms with van der Waals surface area (Å²) in [5, 5.41) is 22.0. The van der Waals surface area contributed by atoms with E-state index in [2.05, 4.69) is 0 Å². The number of hydrogen-bond donors (Lipinski definition) is 2. The van der Waals surface area contributed by atoms with Crippen LogP contribution in [-0.4, -0.2) is 46.6 Å². The standard InChI is InChI=1S/C31H40O6/c1-19-2-24(26(32)36-17-28-7-20-4-21(8-28)12-30(34,11-20)15-28)6-25(3-19)27(33)37-18-29-9-22-5-23(10-29)14-31(35,13-22)16-29/h2-3,6,20-23,34-35H,4-5,7-18H2,1H3. The van der Waals surface area contributed by atoms with Crippen LogP contribution in [0.1, 0.15) is 103 Å². The average Bonchev–Trinajstić information content (AvgIpc) is 2.77. The van der Waals surface area contributed by atoms with Crippen LogP contribution in [0.2, 0.25) is 0 Å². The smallest absolute Gasteiger partial charge is 0.338 e. The Bertz CT molecular complexity index is 1030. The molecule has 0 heterocycles. The zero-order chi connectivity index (χ0) is 25.6. The summed E-state index contributed by atoms with van der Waals surface area (Å²) in [6, 6.07) is 5.12. The topological polar surface area (TPSA) is 93.1 Å². The lowest BCUT2D eigenvalue weighted by molar-refractivity contribution is -0.175. The highest BCUT2D eigenvalue weighted by molar-refractivity contribution is 5.95. The maximum atomic E-state index is 13.1. The van der Waals surface area contributed by atoms with Gasteiger partial charge in [0.05, 0.1) is 35.5 Å². The predicted molar refractivity (Wildman–Crippen MR) is 136 cm³/mol. The van der Waals surface area contributed by atoms with Crippen LogP contribution in [0, 0.1) is 41.4 Å². The molecule has 0 aromatic heterocycles. The third-order valence-electron chi connectivity index (χ3n) is 10.9. The van der Waals surface area contributed by atoms with Crippen LogP contribution < -0.4 is 0 Å². The van der Waals surface area contributed by atoms with Gasteiger partial charge in [0.25, 0.3) is 0 Å². The molecule has 0 spiro atoms.